The molecule has 1 fully saturated rings. The SMILES string of the molecule is C[Si]1(C)CCCSC1. The molecule has 0 bridgehead atoms. The molecule has 0 N–H and O–H groups in total. The minimum atomic E-state index is -0.628. The van der Waals surface area contributed by atoms with Crippen molar-refractivity contribution in [2.75, 3.05) is 11.1 Å². The van der Waals surface area contributed by atoms with Crippen molar-refractivity contribution in [3.63, 3.8) is 0 Å². The largest absolute Gasteiger partial charge is 0.165 e. The van der Waals surface area contributed by atoms with Crippen molar-refractivity contribution in [3.05, 3.63) is 0 Å². The molecule has 1 aliphatic rings. The van der Waals surface area contributed by atoms with Gasteiger partial charge in [0.2, 0.25) is 0 Å². The van der Waals surface area contributed by atoms with Gasteiger partial charge < -0.3 is 0 Å². The zero-order valence-corrected chi connectivity index (χ0v) is 7.55. The molecule has 0 atom stereocenters. The second-order valence-corrected chi connectivity index (χ2v) is 10.1. The highest BCUT2D eigenvalue weighted by Gasteiger charge is 2.22. The Bertz CT molecular complexity index is 72.6. The molecular weight excluding hydrogens is 132 g/mol. The Kier molecular flexibility index (Phi) is 2.04. The summed E-state index contributed by atoms with van der Waals surface area (Å²) in [6, 6.07) is 1.57. The summed E-state index contributed by atoms with van der Waals surface area (Å²) in [7, 11) is -0.628. The third kappa shape index (κ3) is 1.82. The molecule has 48 valence electrons. The second kappa shape index (κ2) is 2.44. The lowest BCUT2D eigenvalue weighted by Crippen LogP contribution is -2.32. The van der Waals surface area contributed by atoms with E-state index < -0.39 is 8.07 Å². The van der Waals surface area contributed by atoms with Crippen molar-refractivity contribution < 1.29 is 0 Å². The van der Waals surface area contributed by atoms with E-state index in [-0.39, 0.29) is 0 Å². The van der Waals surface area contributed by atoms with Crippen LogP contribution in [0.5, 0.6) is 0 Å². The average Bonchev–Trinajstić information content (AvgIpc) is 1.65. The first kappa shape index (κ1) is 6.68. The molecule has 2 heteroatoms. The summed E-state index contributed by atoms with van der Waals surface area (Å²) >= 11 is 2.16. The van der Waals surface area contributed by atoms with Crippen LogP contribution in [0.4, 0.5) is 0 Å². The van der Waals surface area contributed by atoms with Crippen molar-refractivity contribution in [2.24, 2.45) is 0 Å². The number of thioether (sulfide) groups is 1. The minimum absolute atomic E-state index is 0.628. The van der Waals surface area contributed by atoms with Crippen LogP contribution in [0.25, 0.3) is 0 Å². The van der Waals surface area contributed by atoms with Gasteiger partial charge in [0.05, 0.1) is 8.07 Å². The smallest absolute Gasteiger partial charge is 0.0579 e. The van der Waals surface area contributed by atoms with Gasteiger partial charge >= 0.3 is 0 Å². The lowest BCUT2D eigenvalue weighted by molar-refractivity contribution is 1.05. The van der Waals surface area contributed by atoms with Gasteiger partial charge in [0.1, 0.15) is 0 Å². The summed E-state index contributed by atoms with van der Waals surface area (Å²) in [4.78, 5) is 0. The van der Waals surface area contributed by atoms with Crippen LogP contribution in [0, 0.1) is 0 Å². The first-order valence-electron chi connectivity index (χ1n) is 3.28. The van der Waals surface area contributed by atoms with E-state index in [0.717, 1.165) is 0 Å². The monoisotopic (exact) mass is 146 g/mol. The van der Waals surface area contributed by atoms with E-state index in [1.807, 2.05) is 0 Å². The maximum Gasteiger partial charge on any atom is 0.0579 e. The van der Waals surface area contributed by atoms with Gasteiger partial charge in [0, 0.05) is 0 Å². The van der Waals surface area contributed by atoms with Gasteiger partial charge in [-0.25, -0.2) is 0 Å². The normalized spacial score (nSPS) is 27.8. The highest BCUT2D eigenvalue weighted by molar-refractivity contribution is 8.01. The third-order valence-corrected chi connectivity index (χ3v) is 7.86. The standard InChI is InChI=1S/C6H14SSi/c1-8(2)5-3-4-7-6-8/h3-6H2,1-2H3. The van der Waals surface area contributed by atoms with E-state index in [2.05, 4.69) is 24.9 Å². The van der Waals surface area contributed by atoms with E-state index in [4.69, 9.17) is 0 Å². The predicted molar refractivity (Wildman–Crippen MR) is 44.2 cm³/mol. The molecule has 0 saturated carbocycles. The van der Waals surface area contributed by atoms with Crippen molar-refractivity contribution >= 4 is 19.8 Å². The van der Waals surface area contributed by atoms with E-state index in [1.54, 1.807) is 6.04 Å². The highest BCUT2D eigenvalue weighted by atomic mass is 32.2. The molecule has 0 aromatic carbocycles. The highest BCUT2D eigenvalue weighted by Crippen LogP contribution is 2.25. The summed E-state index contributed by atoms with van der Waals surface area (Å²) in [6.07, 6.45) is 1.49. The van der Waals surface area contributed by atoms with E-state index in [9.17, 15) is 0 Å². The molecule has 0 unspecified atom stereocenters. The molecule has 0 aromatic heterocycles. The second-order valence-electron chi connectivity index (χ2n) is 3.32. The molecule has 8 heavy (non-hydrogen) atoms. The Morgan fingerprint density at radius 3 is 2.38 bits per heavy atom. The maximum absolute atomic E-state index is 2.50. The van der Waals surface area contributed by atoms with Gasteiger partial charge in [-0.2, -0.15) is 11.8 Å². The Labute approximate surface area is 57.1 Å². The van der Waals surface area contributed by atoms with Gasteiger partial charge in [-0.05, 0) is 17.5 Å². The van der Waals surface area contributed by atoms with Crippen LogP contribution in [0.15, 0.2) is 0 Å². The molecule has 0 amide bonds. The van der Waals surface area contributed by atoms with Gasteiger partial charge in [-0.3, -0.25) is 0 Å². The maximum atomic E-state index is 2.50. The Balaban J connectivity index is 2.33. The lowest BCUT2D eigenvalue weighted by Gasteiger charge is -2.25. The first-order chi connectivity index (χ1) is 3.71. The van der Waals surface area contributed by atoms with E-state index in [1.165, 1.54) is 17.5 Å². The van der Waals surface area contributed by atoms with E-state index in [0.29, 0.717) is 0 Å². The molecule has 1 rings (SSSR count). The van der Waals surface area contributed by atoms with Crippen LogP contribution >= 0.6 is 11.8 Å². The molecule has 1 saturated heterocycles. The zero-order valence-electron chi connectivity index (χ0n) is 5.74. The minimum Gasteiger partial charge on any atom is -0.165 e. The Morgan fingerprint density at radius 1 is 1.38 bits per heavy atom. The fourth-order valence-electron chi connectivity index (χ4n) is 1.07. The molecule has 1 aliphatic heterocycles. The summed E-state index contributed by atoms with van der Waals surface area (Å²) in [5.74, 6) is 1.43. The van der Waals surface area contributed by atoms with Crippen LogP contribution in [0.3, 0.4) is 0 Å². The van der Waals surface area contributed by atoms with Crippen molar-refractivity contribution in [1.29, 1.82) is 0 Å². The van der Waals surface area contributed by atoms with Gasteiger partial charge in [0.25, 0.3) is 0 Å². The molecule has 0 spiro atoms. The predicted octanol–water partition coefficient (Wildman–Crippen LogP) is 2.37. The van der Waals surface area contributed by atoms with Crippen molar-refractivity contribution in [3.8, 4) is 0 Å². The van der Waals surface area contributed by atoms with Crippen LogP contribution in [0.2, 0.25) is 19.1 Å². The molecule has 0 nitrogen and oxygen atoms in total. The summed E-state index contributed by atoms with van der Waals surface area (Å²) < 4.78 is 0. The number of hydrogen-bond donors (Lipinski definition) is 0. The van der Waals surface area contributed by atoms with E-state index >= 15 is 0 Å². The van der Waals surface area contributed by atoms with Gasteiger partial charge in [0.15, 0.2) is 0 Å². The number of rotatable bonds is 0. The fraction of sp³-hybridized carbons (Fsp3) is 1.00. The van der Waals surface area contributed by atoms with Crippen molar-refractivity contribution in [2.45, 2.75) is 25.6 Å². The zero-order chi connectivity index (χ0) is 6.04. The molecule has 0 aromatic rings. The van der Waals surface area contributed by atoms with Crippen LogP contribution in [0.1, 0.15) is 6.42 Å². The summed E-state index contributed by atoms with van der Waals surface area (Å²) in [5.41, 5.74) is 0. The summed E-state index contributed by atoms with van der Waals surface area (Å²) in [6.45, 7) is 5.00. The molecule has 0 aliphatic carbocycles. The quantitative estimate of drug-likeness (QED) is 0.473. The molecule has 0 radical (unpaired) electrons. The summed E-state index contributed by atoms with van der Waals surface area (Å²) in [5, 5.41) is 1.51. The Hall–Kier alpha value is 0.567. The third-order valence-electron chi connectivity index (χ3n) is 1.64. The molecule has 1 heterocycles. The average molecular weight is 146 g/mol. The van der Waals surface area contributed by atoms with Crippen LogP contribution < -0.4 is 0 Å². The topological polar surface area (TPSA) is 0 Å². The first-order valence-corrected chi connectivity index (χ1v) is 7.85. The van der Waals surface area contributed by atoms with Crippen LogP contribution in [-0.4, -0.2) is 19.2 Å². The lowest BCUT2D eigenvalue weighted by atomic mass is 10.6. The number of hydrogen-bond acceptors (Lipinski definition) is 1. The van der Waals surface area contributed by atoms with Gasteiger partial charge in [-0.15, -0.1) is 0 Å². The molecular formula is C6H14SSi. The Morgan fingerprint density at radius 2 is 2.12 bits per heavy atom. The van der Waals surface area contributed by atoms with Gasteiger partial charge in [-0.1, -0.05) is 19.1 Å². The fourth-order valence-corrected chi connectivity index (χ4v) is 6.18. The van der Waals surface area contributed by atoms with Crippen molar-refractivity contribution in [1.82, 2.24) is 0 Å². The van der Waals surface area contributed by atoms with Crippen LogP contribution in [-0.2, 0) is 0 Å².